The maximum Gasteiger partial charge on any atom is 0.115 e. The van der Waals surface area contributed by atoms with E-state index in [4.69, 9.17) is 5.11 Å². The maximum atomic E-state index is 9.45. The van der Waals surface area contributed by atoms with E-state index in [1.807, 2.05) is 50.2 Å². The summed E-state index contributed by atoms with van der Waals surface area (Å²) in [7, 11) is 0. The molecule has 0 saturated carbocycles. The first-order chi connectivity index (χ1) is 11.1. The van der Waals surface area contributed by atoms with Crippen LogP contribution in [0, 0.1) is 13.8 Å². The second-order valence-electron chi connectivity index (χ2n) is 5.70. The summed E-state index contributed by atoms with van der Waals surface area (Å²) in [4.78, 5) is 1.62. The Labute approximate surface area is 134 Å². The van der Waals surface area contributed by atoms with Crippen LogP contribution in [0.25, 0.3) is 16.7 Å². The highest BCUT2D eigenvalue weighted by Crippen LogP contribution is 2.22. The molecule has 3 N–H and O–H groups in total. The van der Waals surface area contributed by atoms with Crippen LogP contribution in [0.2, 0.25) is 0 Å². The lowest BCUT2D eigenvalue weighted by atomic mass is 10.1. The van der Waals surface area contributed by atoms with E-state index in [2.05, 4.69) is 15.5 Å². The van der Waals surface area contributed by atoms with Gasteiger partial charge in [0.1, 0.15) is 11.0 Å². The van der Waals surface area contributed by atoms with Gasteiger partial charge in [0.2, 0.25) is 0 Å². The number of nitrogens with one attached hydrogen (secondary N) is 1. The highest BCUT2D eigenvalue weighted by molar-refractivity contribution is 5.80. The Balaban J connectivity index is 1.92. The monoisotopic (exact) mass is 312 g/mol. The third kappa shape index (κ3) is 3.33. The average molecular weight is 312 g/mol. The van der Waals surface area contributed by atoms with Gasteiger partial charge >= 0.3 is 0 Å². The number of fused-ring (bicyclic) bond motifs is 1. The summed E-state index contributed by atoms with van der Waals surface area (Å²) in [6.45, 7) is 4.03. The van der Waals surface area contributed by atoms with E-state index in [-0.39, 0.29) is 13.2 Å². The molecule has 23 heavy (non-hydrogen) atoms. The first-order valence-electron chi connectivity index (χ1n) is 7.54. The van der Waals surface area contributed by atoms with Crippen LogP contribution in [0.15, 0.2) is 36.4 Å². The maximum absolute atomic E-state index is 9.45. The van der Waals surface area contributed by atoms with Crippen LogP contribution in [-0.2, 0) is 0 Å². The van der Waals surface area contributed by atoms with E-state index in [1.54, 1.807) is 4.80 Å². The molecule has 0 aliphatic heterocycles. The Morgan fingerprint density at radius 1 is 1.09 bits per heavy atom. The van der Waals surface area contributed by atoms with Crippen molar-refractivity contribution in [1.82, 2.24) is 15.0 Å². The molecular formula is C17H20N4O2. The Morgan fingerprint density at radius 3 is 2.39 bits per heavy atom. The smallest absolute Gasteiger partial charge is 0.115 e. The number of aliphatic hydroxyl groups is 2. The van der Waals surface area contributed by atoms with Crippen molar-refractivity contribution in [3.8, 4) is 5.69 Å². The third-order valence-corrected chi connectivity index (χ3v) is 3.73. The highest BCUT2D eigenvalue weighted by atomic mass is 16.3. The standard InChI is InChI=1S/C17H20N4O2/c1-11-3-5-13(6-4-11)21-19-16-7-12(2)15(8-17(16)20-21)18-9-14(23)10-22/h3-8,14,18,22-23H,9-10H2,1-2H3. The number of aromatic nitrogens is 3. The fourth-order valence-electron chi connectivity index (χ4n) is 2.34. The number of rotatable bonds is 5. The Hall–Kier alpha value is -2.44. The normalized spacial score (nSPS) is 12.5. The van der Waals surface area contributed by atoms with Crippen LogP contribution in [-0.4, -0.2) is 44.5 Å². The lowest BCUT2D eigenvalue weighted by Gasteiger charge is -2.12. The predicted molar refractivity (Wildman–Crippen MR) is 89.9 cm³/mol. The van der Waals surface area contributed by atoms with E-state index in [1.165, 1.54) is 5.56 Å². The fourth-order valence-corrected chi connectivity index (χ4v) is 2.34. The molecule has 1 heterocycles. The summed E-state index contributed by atoms with van der Waals surface area (Å²) in [5.41, 5.74) is 5.58. The first kappa shape index (κ1) is 15.5. The van der Waals surface area contributed by atoms with Crippen LogP contribution in [0.5, 0.6) is 0 Å². The fraction of sp³-hybridized carbons (Fsp3) is 0.294. The van der Waals surface area contributed by atoms with Crippen LogP contribution in [0.3, 0.4) is 0 Å². The van der Waals surface area contributed by atoms with Gasteiger partial charge in [0.15, 0.2) is 0 Å². The SMILES string of the molecule is Cc1ccc(-n2nc3cc(C)c(NCC(O)CO)cc3n2)cc1. The van der Waals surface area contributed by atoms with Gasteiger partial charge in [-0.1, -0.05) is 17.7 Å². The molecular weight excluding hydrogens is 292 g/mol. The molecule has 3 aromatic rings. The van der Waals surface area contributed by atoms with Gasteiger partial charge in [-0.2, -0.15) is 4.80 Å². The zero-order valence-electron chi connectivity index (χ0n) is 13.2. The molecule has 120 valence electrons. The van der Waals surface area contributed by atoms with Crippen LogP contribution < -0.4 is 5.32 Å². The van der Waals surface area contributed by atoms with E-state index in [9.17, 15) is 5.11 Å². The zero-order valence-corrected chi connectivity index (χ0v) is 13.2. The summed E-state index contributed by atoms with van der Waals surface area (Å²) in [5, 5.41) is 30.5. The second-order valence-corrected chi connectivity index (χ2v) is 5.70. The van der Waals surface area contributed by atoms with Gasteiger partial charge < -0.3 is 15.5 Å². The molecule has 0 aliphatic carbocycles. The van der Waals surface area contributed by atoms with Crippen molar-refractivity contribution in [1.29, 1.82) is 0 Å². The lowest BCUT2D eigenvalue weighted by molar-refractivity contribution is 0.105. The van der Waals surface area contributed by atoms with Gasteiger partial charge in [-0.25, -0.2) is 0 Å². The van der Waals surface area contributed by atoms with Crippen LogP contribution in [0.1, 0.15) is 11.1 Å². The topological polar surface area (TPSA) is 83.2 Å². The average Bonchev–Trinajstić information content (AvgIpc) is 2.95. The summed E-state index contributed by atoms with van der Waals surface area (Å²) >= 11 is 0. The molecule has 0 fully saturated rings. The molecule has 3 rings (SSSR count). The largest absolute Gasteiger partial charge is 0.394 e. The first-order valence-corrected chi connectivity index (χ1v) is 7.54. The molecule has 0 bridgehead atoms. The number of aryl methyl sites for hydroxylation is 2. The Kier molecular flexibility index (Phi) is 4.27. The molecule has 6 heteroatoms. The Morgan fingerprint density at radius 2 is 1.74 bits per heavy atom. The van der Waals surface area contributed by atoms with Crippen molar-refractivity contribution < 1.29 is 10.2 Å². The predicted octanol–water partition coefficient (Wildman–Crippen LogP) is 1.80. The van der Waals surface area contributed by atoms with Crippen molar-refractivity contribution in [3.05, 3.63) is 47.5 Å². The van der Waals surface area contributed by atoms with Crippen molar-refractivity contribution in [3.63, 3.8) is 0 Å². The zero-order chi connectivity index (χ0) is 16.4. The summed E-state index contributed by atoms with van der Waals surface area (Å²) in [6, 6.07) is 11.9. The Bertz CT molecular complexity index is 811. The molecule has 0 amide bonds. The number of nitrogens with zero attached hydrogens (tertiary/aromatic N) is 3. The van der Waals surface area contributed by atoms with Crippen molar-refractivity contribution in [2.45, 2.75) is 20.0 Å². The molecule has 0 radical (unpaired) electrons. The number of anilines is 1. The molecule has 6 nitrogen and oxygen atoms in total. The minimum absolute atomic E-state index is 0.266. The van der Waals surface area contributed by atoms with Gasteiger partial charge in [-0.3, -0.25) is 0 Å². The van der Waals surface area contributed by atoms with E-state index in [0.717, 1.165) is 28.0 Å². The molecule has 2 aromatic carbocycles. The summed E-state index contributed by atoms with van der Waals surface area (Å²) in [5.74, 6) is 0. The van der Waals surface area contributed by atoms with E-state index in [0.29, 0.717) is 0 Å². The van der Waals surface area contributed by atoms with E-state index >= 15 is 0 Å². The van der Waals surface area contributed by atoms with Gasteiger partial charge in [0, 0.05) is 12.2 Å². The number of hydrogen-bond acceptors (Lipinski definition) is 5. The van der Waals surface area contributed by atoms with Gasteiger partial charge in [0.05, 0.1) is 18.4 Å². The van der Waals surface area contributed by atoms with Gasteiger partial charge in [-0.05, 0) is 43.7 Å². The van der Waals surface area contributed by atoms with Crippen molar-refractivity contribution in [2.75, 3.05) is 18.5 Å². The lowest BCUT2D eigenvalue weighted by Crippen LogP contribution is -2.23. The molecule has 1 unspecified atom stereocenters. The number of benzene rings is 2. The van der Waals surface area contributed by atoms with Gasteiger partial charge in [-0.15, -0.1) is 10.2 Å². The van der Waals surface area contributed by atoms with Gasteiger partial charge in [0.25, 0.3) is 0 Å². The van der Waals surface area contributed by atoms with Crippen molar-refractivity contribution in [2.24, 2.45) is 0 Å². The van der Waals surface area contributed by atoms with Crippen molar-refractivity contribution >= 4 is 16.7 Å². The molecule has 1 atom stereocenters. The highest BCUT2D eigenvalue weighted by Gasteiger charge is 2.09. The quantitative estimate of drug-likeness (QED) is 0.669. The van der Waals surface area contributed by atoms with Crippen LogP contribution >= 0.6 is 0 Å². The molecule has 0 saturated heterocycles. The minimum Gasteiger partial charge on any atom is -0.394 e. The van der Waals surface area contributed by atoms with Crippen LogP contribution in [0.4, 0.5) is 5.69 Å². The second kappa shape index (κ2) is 6.36. The summed E-state index contributed by atoms with van der Waals surface area (Å²) < 4.78 is 0. The molecule has 0 aliphatic rings. The van der Waals surface area contributed by atoms with E-state index < -0.39 is 6.10 Å². The molecule has 1 aromatic heterocycles. The molecule has 0 spiro atoms. The minimum atomic E-state index is -0.784. The third-order valence-electron chi connectivity index (χ3n) is 3.73. The number of hydrogen-bond donors (Lipinski definition) is 3. The number of aliphatic hydroxyl groups excluding tert-OH is 2. The summed E-state index contributed by atoms with van der Waals surface area (Å²) in [6.07, 6.45) is -0.784.